The highest BCUT2D eigenvalue weighted by Gasteiger charge is 2.27. The molecule has 1 heterocycles. The van der Waals surface area contributed by atoms with Gasteiger partial charge < -0.3 is 10.2 Å². The zero-order valence-corrected chi connectivity index (χ0v) is 13.9. The van der Waals surface area contributed by atoms with Crippen molar-refractivity contribution in [3.8, 4) is 0 Å². The van der Waals surface area contributed by atoms with E-state index in [4.69, 9.17) is 0 Å². The second kappa shape index (κ2) is 7.30. The van der Waals surface area contributed by atoms with Crippen molar-refractivity contribution in [3.05, 3.63) is 77.2 Å². The molecule has 1 N–H and O–H groups in total. The van der Waals surface area contributed by atoms with E-state index in [1.54, 1.807) is 23.2 Å². The van der Waals surface area contributed by atoms with Crippen molar-refractivity contribution in [2.24, 2.45) is 0 Å². The summed E-state index contributed by atoms with van der Waals surface area (Å²) in [6, 6.07) is 13.4. The molecule has 1 aliphatic rings. The third-order valence-electron chi connectivity index (χ3n) is 4.25. The lowest BCUT2D eigenvalue weighted by Gasteiger charge is -2.32. The molecule has 2 amide bonds. The van der Waals surface area contributed by atoms with Gasteiger partial charge in [0.05, 0.1) is 12.5 Å². The molecule has 25 heavy (non-hydrogen) atoms. The number of nitrogens with zero attached hydrogens (tertiary/aromatic N) is 1. The van der Waals surface area contributed by atoms with Crippen LogP contribution in [0.3, 0.4) is 0 Å². The minimum atomic E-state index is -0.327. The van der Waals surface area contributed by atoms with E-state index in [1.165, 1.54) is 19.1 Å². The molecular weight excluding hydrogens is 319 g/mol. The van der Waals surface area contributed by atoms with Gasteiger partial charge in [0.1, 0.15) is 5.82 Å². The Labute approximate surface area is 146 Å². The molecule has 0 aliphatic carbocycles. The average Bonchev–Trinajstić information content (AvgIpc) is 2.61. The van der Waals surface area contributed by atoms with Gasteiger partial charge in [0, 0.05) is 19.7 Å². The number of hydrogen-bond acceptors (Lipinski definition) is 2. The summed E-state index contributed by atoms with van der Waals surface area (Å²) in [4.78, 5) is 25.9. The van der Waals surface area contributed by atoms with E-state index in [0.29, 0.717) is 6.54 Å². The molecule has 0 aromatic heterocycles. The van der Waals surface area contributed by atoms with Gasteiger partial charge in [-0.25, -0.2) is 4.39 Å². The Hall–Kier alpha value is -2.95. The highest BCUT2D eigenvalue weighted by molar-refractivity contribution is 5.81. The first-order valence-electron chi connectivity index (χ1n) is 8.12. The van der Waals surface area contributed by atoms with Crippen LogP contribution in [0.2, 0.25) is 0 Å². The van der Waals surface area contributed by atoms with Gasteiger partial charge in [0.2, 0.25) is 11.8 Å². The second-order valence-corrected chi connectivity index (χ2v) is 5.99. The lowest BCUT2D eigenvalue weighted by Crippen LogP contribution is -2.35. The van der Waals surface area contributed by atoms with Crippen LogP contribution in [-0.4, -0.2) is 16.7 Å². The maximum absolute atomic E-state index is 12.9. The number of hydrogen-bond donors (Lipinski definition) is 1. The Bertz CT molecular complexity index is 815. The number of carbonyl (C=O) groups excluding carboxylic acids is 2. The minimum Gasteiger partial charge on any atom is -0.352 e. The molecule has 0 unspecified atom stereocenters. The third kappa shape index (κ3) is 3.94. The van der Waals surface area contributed by atoms with Gasteiger partial charge in [-0.2, -0.15) is 0 Å². The molecule has 128 valence electrons. The average molecular weight is 338 g/mol. The van der Waals surface area contributed by atoms with Crippen LogP contribution in [0.25, 0.3) is 6.08 Å². The van der Waals surface area contributed by atoms with E-state index in [0.717, 1.165) is 16.7 Å². The zero-order chi connectivity index (χ0) is 17.8. The number of carbonyl (C=O) groups is 2. The first-order valence-corrected chi connectivity index (χ1v) is 8.12. The number of rotatable bonds is 4. The number of benzene rings is 2. The summed E-state index contributed by atoms with van der Waals surface area (Å²) in [5.41, 5.74) is 2.79. The van der Waals surface area contributed by atoms with Crippen molar-refractivity contribution in [1.82, 2.24) is 10.2 Å². The Kier molecular flexibility index (Phi) is 4.93. The van der Waals surface area contributed by atoms with E-state index >= 15 is 0 Å². The monoisotopic (exact) mass is 338 g/mol. The largest absolute Gasteiger partial charge is 0.352 e. The number of fused-ring (bicyclic) bond motifs is 1. The molecule has 0 bridgehead atoms. The fourth-order valence-corrected chi connectivity index (χ4v) is 2.96. The van der Waals surface area contributed by atoms with Crippen LogP contribution >= 0.6 is 0 Å². The van der Waals surface area contributed by atoms with Crippen LogP contribution < -0.4 is 5.32 Å². The molecule has 0 saturated carbocycles. The molecule has 3 rings (SSSR count). The molecule has 4 nitrogen and oxygen atoms in total. The van der Waals surface area contributed by atoms with Crippen LogP contribution in [0, 0.1) is 5.82 Å². The summed E-state index contributed by atoms with van der Waals surface area (Å²) in [5.74, 6) is -0.578. The highest BCUT2D eigenvalue weighted by atomic mass is 19.1. The van der Waals surface area contributed by atoms with Gasteiger partial charge >= 0.3 is 0 Å². The van der Waals surface area contributed by atoms with Crippen molar-refractivity contribution in [3.63, 3.8) is 0 Å². The van der Waals surface area contributed by atoms with Gasteiger partial charge in [-0.05, 0) is 34.9 Å². The van der Waals surface area contributed by atoms with Crippen LogP contribution in [0.1, 0.15) is 36.1 Å². The third-order valence-corrected chi connectivity index (χ3v) is 4.25. The van der Waals surface area contributed by atoms with Gasteiger partial charge in [0.25, 0.3) is 0 Å². The first kappa shape index (κ1) is 16.9. The first-order chi connectivity index (χ1) is 12.0. The van der Waals surface area contributed by atoms with Crippen molar-refractivity contribution in [2.75, 3.05) is 0 Å². The lowest BCUT2D eigenvalue weighted by atomic mass is 9.93. The van der Waals surface area contributed by atoms with Crippen molar-refractivity contribution < 1.29 is 14.0 Å². The van der Waals surface area contributed by atoms with Crippen molar-refractivity contribution in [1.29, 1.82) is 0 Å². The normalized spacial score (nSPS) is 15.6. The Morgan fingerprint density at radius 1 is 1.12 bits per heavy atom. The maximum Gasteiger partial charge on any atom is 0.223 e. The zero-order valence-electron chi connectivity index (χ0n) is 13.9. The molecule has 0 spiro atoms. The molecule has 5 heteroatoms. The number of halogens is 1. The maximum atomic E-state index is 12.9. The molecule has 1 atom stereocenters. The lowest BCUT2D eigenvalue weighted by molar-refractivity contribution is -0.130. The predicted octanol–water partition coefficient (Wildman–Crippen LogP) is 3.41. The fraction of sp³-hybridized carbons (Fsp3) is 0.200. The van der Waals surface area contributed by atoms with Crippen LogP contribution in [0.15, 0.2) is 54.7 Å². The van der Waals surface area contributed by atoms with Gasteiger partial charge in [-0.3, -0.25) is 9.59 Å². The molecule has 0 saturated heterocycles. The second-order valence-electron chi connectivity index (χ2n) is 5.99. The molecule has 2 aromatic rings. The van der Waals surface area contributed by atoms with Gasteiger partial charge in [0.15, 0.2) is 0 Å². The van der Waals surface area contributed by atoms with Gasteiger partial charge in [-0.1, -0.05) is 36.4 Å². The molecule has 0 radical (unpaired) electrons. The molecule has 1 aliphatic heterocycles. The topological polar surface area (TPSA) is 49.4 Å². The van der Waals surface area contributed by atoms with E-state index in [9.17, 15) is 14.0 Å². The summed E-state index contributed by atoms with van der Waals surface area (Å²) >= 11 is 0. The summed E-state index contributed by atoms with van der Waals surface area (Å²) in [5, 5.41) is 2.83. The number of nitrogens with one attached hydrogen (secondary N) is 1. The van der Waals surface area contributed by atoms with E-state index in [2.05, 4.69) is 5.32 Å². The van der Waals surface area contributed by atoms with E-state index in [1.807, 2.05) is 30.3 Å². The standard InChI is InChI=1S/C20H19FN2O2/c1-14(24)23-11-10-16-4-2-3-5-18(16)19(23)12-20(25)22-13-15-6-8-17(21)9-7-15/h2-11,19H,12-13H2,1H3,(H,22,25)/t19-/m1/s1. The molecule has 2 aromatic carbocycles. The SMILES string of the molecule is CC(=O)N1C=Cc2ccccc2[C@H]1CC(=O)NCc1ccc(F)cc1. The summed E-state index contributed by atoms with van der Waals surface area (Å²) in [6.07, 6.45) is 3.77. The van der Waals surface area contributed by atoms with Crippen LogP contribution in [0.4, 0.5) is 4.39 Å². The predicted molar refractivity (Wildman–Crippen MR) is 93.6 cm³/mol. The van der Waals surface area contributed by atoms with E-state index in [-0.39, 0.29) is 30.1 Å². The molecular formula is C20H19FN2O2. The van der Waals surface area contributed by atoms with Crippen molar-refractivity contribution in [2.45, 2.75) is 25.9 Å². The Balaban J connectivity index is 1.70. The van der Waals surface area contributed by atoms with Crippen LogP contribution in [-0.2, 0) is 16.1 Å². The fourth-order valence-electron chi connectivity index (χ4n) is 2.96. The quantitative estimate of drug-likeness (QED) is 0.929. The number of amides is 2. The summed E-state index contributed by atoms with van der Waals surface area (Å²) in [6.45, 7) is 1.81. The summed E-state index contributed by atoms with van der Waals surface area (Å²) in [7, 11) is 0. The Morgan fingerprint density at radius 3 is 2.56 bits per heavy atom. The van der Waals surface area contributed by atoms with E-state index < -0.39 is 0 Å². The summed E-state index contributed by atoms with van der Waals surface area (Å²) < 4.78 is 12.9. The molecule has 0 fully saturated rings. The highest BCUT2D eigenvalue weighted by Crippen LogP contribution is 2.32. The van der Waals surface area contributed by atoms with Gasteiger partial charge in [-0.15, -0.1) is 0 Å². The smallest absolute Gasteiger partial charge is 0.223 e. The Morgan fingerprint density at radius 2 is 1.84 bits per heavy atom. The van der Waals surface area contributed by atoms with Crippen molar-refractivity contribution >= 4 is 17.9 Å². The van der Waals surface area contributed by atoms with Crippen LogP contribution in [0.5, 0.6) is 0 Å². The minimum absolute atomic E-state index is 0.109.